The monoisotopic (exact) mass is 87.1 g/mol. The van der Waals surface area contributed by atoms with Crippen molar-refractivity contribution in [2.45, 2.75) is 19.9 Å². The summed E-state index contributed by atoms with van der Waals surface area (Å²) < 4.78 is 0.667. The van der Waals surface area contributed by atoms with Crippen LogP contribution in [0, 0.1) is 5.21 Å². The SMILES string of the molecule is C=[N+]([O-])C(C)C. The summed E-state index contributed by atoms with van der Waals surface area (Å²) in [5.41, 5.74) is 0. The van der Waals surface area contributed by atoms with Crippen LogP contribution in [-0.2, 0) is 0 Å². The van der Waals surface area contributed by atoms with E-state index in [4.69, 9.17) is 0 Å². The van der Waals surface area contributed by atoms with Crippen LogP contribution in [0.3, 0.4) is 0 Å². The minimum Gasteiger partial charge on any atom is -0.624 e. The quantitative estimate of drug-likeness (QED) is 0.199. The zero-order valence-electron chi connectivity index (χ0n) is 4.14. The molecular formula is C4H9NO. The lowest BCUT2D eigenvalue weighted by atomic mass is 10.4. The first-order valence-corrected chi connectivity index (χ1v) is 1.91. The second kappa shape index (κ2) is 1.80. The first kappa shape index (κ1) is 5.47. The molecule has 0 N–H and O–H groups in total. The number of hydrogen-bond acceptors (Lipinski definition) is 1. The van der Waals surface area contributed by atoms with Gasteiger partial charge in [0.15, 0.2) is 6.04 Å². The van der Waals surface area contributed by atoms with E-state index >= 15 is 0 Å². The van der Waals surface area contributed by atoms with Gasteiger partial charge in [0.05, 0.1) is 0 Å². The Bertz CT molecular complexity index is 58.6. The molecule has 36 valence electrons. The van der Waals surface area contributed by atoms with E-state index < -0.39 is 0 Å². The maximum atomic E-state index is 9.95. The Kier molecular flexibility index (Phi) is 1.64. The molecular weight excluding hydrogens is 78.0 g/mol. The minimum absolute atomic E-state index is 0.0185. The van der Waals surface area contributed by atoms with Crippen molar-refractivity contribution in [3.63, 3.8) is 0 Å². The molecule has 0 rings (SSSR count). The third-order valence-corrected chi connectivity index (χ3v) is 0.576. The number of nitrogens with zero attached hydrogens (tertiary/aromatic N) is 1. The number of hydrogen-bond donors (Lipinski definition) is 0. The maximum absolute atomic E-state index is 9.95. The van der Waals surface area contributed by atoms with Crippen molar-refractivity contribution in [2.75, 3.05) is 0 Å². The van der Waals surface area contributed by atoms with E-state index in [0.717, 1.165) is 0 Å². The van der Waals surface area contributed by atoms with Gasteiger partial charge in [-0.2, -0.15) is 0 Å². The largest absolute Gasteiger partial charge is 0.624 e. The van der Waals surface area contributed by atoms with Crippen LogP contribution < -0.4 is 0 Å². The summed E-state index contributed by atoms with van der Waals surface area (Å²) in [6.07, 6.45) is 0. The summed E-state index contributed by atoms with van der Waals surface area (Å²) in [7, 11) is 0. The number of rotatable bonds is 1. The Morgan fingerprint density at radius 1 is 1.67 bits per heavy atom. The molecule has 0 saturated carbocycles. The molecule has 0 aromatic carbocycles. The van der Waals surface area contributed by atoms with Gasteiger partial charge in [0.2, 0.25) is 0 Å². The summed E-state index contributed by atoms with van der Waals surface area (Å²) in [6, 6.07) is 0.0185. The molecule has 0 aliphatic rings. The fraction of sp³-hybridized carbons (Fsp3) is 0.750. The topological polar surface area (TPSA) is 26.1 Å². The van der Waals surface area contributed by atoms with Crippen molar-refractivity contribution in [3.05, 3.63) is 5.21 Å². The highest BCUT2D eigenvalue weighted by atomic mass is 16.5. The summed E-state index contributed by atoms with van der Waals surface area (Å²) in [5.74, 6) is 0. The van der Waals surface area contributed by atoms with Gasteiger partial charge in [-0.25, -0.2) is 4.74 Å². The van der Waals surface area contributed by atoms with E-state index in [1.165, 1.54) is 0 Å². The summed E-state index contributed by atoms with van der Waals surface area (Å²) in [4.78, 5) is 0. The van der Waals surface area contributed by atoms with Crippen molar-refractivity contribution in [1.29, 1.82) is 0 Å². The van der Waals surface area contributed by atoms with Gasteiger partial charge in [0.25, 0.3) is 0 Å². The molecule has 0 spiro atoms. The highest BCUT2D eigenvalue weighted by Crippen LogP contribution is 1.78. The van der Waals surface area contributed by atoms with Crippen molar-refractivity contribution >= 4 is 6.72 Å². The van der Waals surface area contributed by atoms with Gasteiger partial charge in [0.1, 0.15) is 6.72 Å². The Morgan fingerprint density at radius 3 is 1.83 bits per heavy atom. The van der Waals surface area contributed by atoms with Gasteiger partial charge >= 0.3 is 0 Å². The van der Waals surface area contributed by atoms with E-state index in [9.17, 15) is 5.21 Å². The predicted octanol–water partition coefficient (Wildman–Crippen LogP) is 0.606. The standard InChI is InChI=1S/C4H9NO/c1-4(2)5(3)6/h4H,3H2,1-2H3. The second-order valence-electron chi connectivity index (χ2n) is 1.51. The van der Waals surface area contributed by atoms with Crippen molar-refractivity contribution in [2.24, 2.45) is 0 Å². The predicted molar refractivity (Wildman–Crippen MR) is 25.9 cm³/mol. The van der Waals surface area contributed by atoms with Crippen LogP contribution in [-0.4, -0.2) is 17.5 Å². The molecule has 0 saturated heterocycles. The van der Waals surface area contributed by atoms with Crippen LogP contribution in [0.2, 0.25) is 0 Å². The third-order valence-electron chi connectivity index (χ3n) is 0.576. The summed E-state index contributed by atoms with van der Waals surface area (Å²) in [5, 5.41) is 9.95. The van der Waals surface area contributed by atoms with Gasteiger partial charge < -0.3 is 5.21 Å². The fourth-order valence-corrected chi connectivity index (χ4v) is 0. The molecule has 0 aliphatic heterocycles. The van der Waals surface area contributed by atoms with E-state index in [0.29, 0.717) is 4.74 Å². The molecule has 0 aromatic rings. The van der Waals surface area contributed by atoms with Crippen LogP contribution in [0.15, 0.2) is 0 Å². The first-order valence-electron chi connectivity index (χ1n) is 1.91. The maximum Gasteiger partial charge on any atom is 0.157 e. The molecule has 0 bridgehead atoms. The second-order valence-corrected chi connectivity index (χ2v) is 1.51. The molecule has 2 nitrogen and oxygen atoms in total. The van der Waals surface area contributed by atoms with Crippen LogP contribution in [0.5, 0.6) is 0 Å². The van der Waals surface area contributed by atoms with Crippen LogP contribution in [0.25, 0.3) is 0 Å². The average molecular weight is 87.1 g/mol. The molecule has 0 atom stereocenters. The zero-order chi connectivity index (χ0) is 5.15. The fourth-order valence-electron chi connectivity index (χ4n) is 0. The van der Waals surface area contributed by atoms with E-state index in [-0.39, 0.29) is 6.04 Å². The van der Waals surface area contributed by atoms with Gasteiger partial charge in [-0.15, -0.1) is 0 Å². The molecule has 0 heterocycles. The molecule has 0 amide bonds. The van der Waals surface area contributed by atoms with Gasteiger partial charge in [-0.1, -0.05) is 0 Å². The minimum atomic E-state index is 0.0185. The molecule has 0 aromatic heterocycles. The Morgan fingerprint density at radius 2 is 1.83 bits per heavy atom. The Labute approximate surface area is 37.7 Å². The number of hydroxylamine groups is 1. The average Bonchev–Trinajstić information content (AvgIpc) is 1.36. The lowest BCUT2D eigenvalue weighted by molar-refractivity contribution is -0.483. The lowest BCUT2D eigenvalue weighted by Crippen LogP contribution is -2.09. The molecule has 0 radical (unpaired) electrons. The van der Waals surface area contributed by atoms with E-state index in [1.54, 1.807) is 13.8 Å². The lowest BCUT2D eigenvalue weighted by Gasteiger charge is -2.01. The highest BCUT2D eigenvalue weighted by molar-refractivity contribution is 5.14. The molecule has 0 aliphatic carbocycles. The van der Waals surface area contributed by atoms with Gasteiger partial charge in [-0.3, -0.25) is 0 Å². The smallest absolute Gasteiger partial charge is 0.157 e. The molecule has 2 heteroatoms. The Balaban J connectivity index is 3.26. The molecule has 0 unspecified atom stereocenters. The first-order chi connectivity index (χ1) is 2.64. The van der Waals surface area contributed by atoms with Gasteiger partial charge in [0, 0.05) is 0 Å². The van der Waals surface area contributed by atoms with E-state index in [2.05, 4.69) is 6.72 Å². The Hall–Kier alpha value is -0.530. The van der Waals surface area contributed by atoms with Gasteiger partial charge in [-0.05, 0) is 13.8 Å². The van der Waals surface area contributed by atoms with Crippen molar-refractivity contribution in [3.8, 4) is 0 Å². The van der Waals surface area contributed by atoms with E-state index in [1.807, 2.05) is 0 Å². The van der Waals surface area contributed by atoms with Crippen LogP contribution >= 0.6 is 0 Å². The zero-order valence-corrected chi connectivity index (χ0v) is 4.14. The summed E-state index contributed by atoms with van der Waals surface area (Å²) in [6.45, 7) is 6.70. The van der Waals surface area contributed by atoms with Crippen LogP contribution in [0.4, 0.5) is 0 Å². The van der Waals surface area contributed by atoms with Crippen molar-refractivity contribution in [1.82, 2.24) is 0 Å². The summed E-state index contributed by atoms with van der Waals surface area (Å²) >= 11 is 0. The highest BCUT2D eigenvalue weighted by Gasteiger charge is 1.90. The van der Waals surface area contributed by atoms with Crippen molar-refractivity contribution < 1.29 is 4.74 Å². The molecule has 0 fully saturated rings. The van der Waals surface area contributed by atoms with Crippen LogP contribution in [0.1, 0.15) is 13.8 Å². The third kappa shape index (κ3) is 1.76. The molecule has 6 heavy (non-hydrogen) atoms. The normalized spacial score (nSPS) is 9.17.